The molecule has 0 unspecified atom stereocenters. The molecule has 29 heavy (non-hydrogen) atoms. The molecule has 1 aliphatic heterocycles. The summed E-state index contributed by atoms with van der Waals surface area (Å²) < 4.78 is 33.9. The fourth-order valence-corrected chi connectivity index (χ4v) is 3.33. The third kappa shape index (κ3) is 6.43. The van der Waals surface area contributed by atoms with Crippen molar-refractivity contribution >= 4 is 27.2 Å². The molecule has 0 atom stereocenters. The molecule has 0 saturated carbocycles. The van der Waals surface area contributed by atoms with E-state index < -0.39 is 9.84 Å². The number of ether oxygens (including phenoxy) is 2. The van der Waals surface area contributed by atoms with Crippen molar-refractivity contribution in [2.45, 2.75) is 18.9 Å². The highest BCUT2D eigenvalue weighted by Crippen LogP contribution is 2.34. The Morgan fingerprint density at radius 1 is 1.21 bits per heavy atom. The van der Waals surface area contributed by atoms with Gasteiger partial charge in [0, 0.05) is 12.8 Å². The van der Waals surface area contributed by atoms with Crippen LogP contribution in [0.25, 0.3) is 0 Å². The van der Waals surface area contributed by atoms with Crippen LogP contribution in [0, 0.1) is 0 Å². The molecule has 158 valence electrons. The molecule has 0 amide bonds. The summed E-state index contributed by atoms with van der Waals surface area (Å²) in [6, 6.07) is 3.56. The maximum absolute atomic E-state index is 11.2. The molecule has 0 spiro atoms. The molecule has 2 aromatic heterocycles. The largest absolute Gasteiger partial charge is 0.489 e. The van der Waals surface area contributed by atoms with Gasteiger partial charge in [0.25, 0.3) is 5.88 Å². The van der Waals surface area contributed by atoms with E-state index in [2.05, 4.69) is 30.9 Å². The molecule has 1 saturated heterocycles. The Bertz CT molecular complexity index is 901. The summed E-state index contributed by atoms with van der Waals surface area (Å²) >= 11 is 0. The van der Waals surface area contributed by atoms with Crippen LogP contribution in [0.15, 0.2) is 24.7 Å². The Morgan fingerprint density at radius 2 is 2.00 bits per heavy atom. The van der Waals surface area contributed by atoms with Gasteiger partial charge in [-0.05, 0) is 38.1 Å². The van der Waals surface area contributed by atoms with Crippen LogP contribution in [0.2, 0.25) is 0 Å². The van der Waals surface area contributed by atoms with Crippen LogP contribution in [-0.2, 0) is 9.84 Å². The zero-order valence-corrected chi connectivity index (χ0v) is 17.3. The second-order valence-electron chi connectivity index (χ2n) is 6.74. The van der Waals surface area contributed by atoms with Gasteiger partial charge in [0.2, 0.25) is 5.75 Å². The van der Waals surface area contributed by atoms with E-state index in [1.807, 2.05) is 6.07 Å². The molecule has 3 rings (SSSR count). The molecule has 0 aromatic carbocycles. The first-order valence-corrected chi connectivity index (χ1v) is 11.4. The monoisotopic (exact) mass is 422 g/mol. The fraction of sp³-hybridized carbons (Fsp3) is 0.500. The molecule has 3 heterocycles. The van der Waals surface area contributed by atoms with Crippen molar-refractivity contribution in [2.75, 3.05) is 49.4 Å². The summed E-state index contributed by atoms with van der Waals surface area (Å²) in [5, 5.41) is 9.43. The number of nitrogens with zero attached hydrogens (tertiary/aromatic N) is 3. The summed E-state index contributed by atoms with van der Waals surface area (Å²) in [7, 11) is -1.46. The summed E-state index contributed by atoms with van der Waals surface area (Å²) in [6.45, 7) is 2.13. The van der Waals surface area contributed by atoms with Crippen molar-refractivity contribution in [3.8, 4) is 11.6 Å². The van der Waals surface area contributed by atoms with Crippen molar-refractivity contribution in [1.29, 1.82) is 0 Å². The van der Waals surface area contributed by atoms with Crippen LogP contribution >= 0.6 is 0 Å². The highest BCUT2D eigenvalue weighted by Gasteiger charge is 2.20. The van der Waals surface area contributed by atoms with Gasteiger partial charge in [-0.2, -0.15) is 4.98 Å². The molecule has 3 N–H and O–H groups in total. The maximum atomic E-state index is 11.2. The third-order valence-corrected chi connectivity index (χ3v) is 5.29. The Hall–Kier alpha value is -2.66. The number of hydrogen-bond donors (Lipinski definition) is 3. The molecule has 1 aliphatic rings. The van der Waals surface area contributed by atoms with Gasteiger partial charge in [-0.15, -0.1) is 0 Å². The van der Waals surface area contributed by atoms with E-state index in [4.69, 9.17) is 9.47 Å². The van der Waals surface area contributed by atoms with E-state index in [1.165, 1.54) is 12.6 Å². The van der Waals surface area contributed by atoms with Crippen LogP contribution in [-0.4, -0.2) is 68.2 Å². The lowest BCUT2D eigenvalue weighted by Gasteiger charge is -2.24. The predicted octanol–water partition coefficient (Wildman–Crippen LogP) is 1.21. The first-order chi connectivity index (χ1) is 13.9. The number of hydrogen-bond acceptors (Lipinski definition) is 10. The van der Waals surface area contributed by atoms with Crippen molar-refractivity contribution in [2.24, 2.45) is 0 Å². The summed E-state index contributed by atoms with van der Waals surface area (Å²) in [4.78, 5) is 12.7. The number of aromatic nitrogens is 3. The number of anilines is 3. The molecule has 11 heteroatoms. The summed E-state index contributed by atoms with van der Waals surface area (Å²) in [5.41, 5.74) is 0.698. The van der Waals surface area contributed by atoms with Gasteiger partial charge in [-0.25, -0.2) is 18.4 Å². The van der Waals surface area contributed by atoms with E-state index in [-0.39, 0.29) is 11.9 Å². The number of methoxy groups -OCH3 is 1. The van der Waals surface area contributed by atoms with Crippen LogP contribution < -0.4 is 25.4 Å². The minimum atomic E-state index is -3.01. The number of piperidine rings is 1. The van der Waals surface area contributed by atoms with E-state index in [0.717, 1.165) is 25.9 Å². The van der Waals surface area contributed by atoms with Gasteiger partial charge in [-0.1, -0.05) is 0 Å². The normalized spacial score (nSPS) is 15.0. The summed E-state index contributed by atoms with van der Waals surface area (Å²) in [6.07, 6.45) is 6.16. The average molecular weight is 423 g/mol. The maximum Gasteiger partial charge on any atom is 0.262 e. The fourth-order valence-electron chi connectivity index (χ4n) is 2.86. The molecular weight excluding hydrogens is 396 g/mol. The zero-order chi connectivity index (χ0) is 20.7. The highest BCUT2D eigenvalue weighted by molar-refractivity contribution is 7.90. The standard InChI is InChI=1S/C18H26N6O4S/c1-27-16-17(22-12-23-18(16)28-14-5-7-19-8-6-14)24-13-3-4-15(21-11-13)20-9-10-29(2,25)26/h3-4,11-12,14,19H,5-10H2,1-2H3,(H,20,21)(H,22,23,24). The number of sulfone groups is 1. The van der Waals surface area contributed by atoms with Gasteiger partial charge in [0.05, 0.1) is 24.7 Å². The molecule has 0 radical (unpaired) electrons. The number of rotatable bonds is 9. The predicted molar refractivity (Wildman–Crippen MR) is 111 cm³/mol. The number of nitrogens with one attached hydrogen (secondary N) is 3. The topological polar surface area (TPSA) is 127 Å². The first kappa shape index (κ1) is 21.1. The molecule has 2 aromatic rings. The van der Waals surface area contributed by atoms with Crippen LogP contribution in [0.4, 0.5) is 17.3 Å². The molecule has 10 nitrogen and oxygen atoms in total. The lowest BCUT2D eigenvalue weighted by molar-refractivity contribution is 0.149. The Balaban J connectivity index is 1.65. The smallest absolute Gasteiger partial charge is 0.262 e. The van der Waals surface area contributed by atoms with Crippen molar-refractivity contribution < 1.29 is 17.9 Å². The van der Waals surface area contributed by atoms with E-state index in [9.17, 15) is 8.42 Å². The van der Waals surface area contributed by atoms with Crippen LogP contribution in [0.5, 0.6) is 11.6 Å². The Labute approximate surface area is 170 Å². The minimum Gasteiger partial charge on any atom is -0.489 e. The van der Waals surface area contributed by atoms with Gasteiger partial charge in [0.15, 0.2) is 5.82 Å². The van der Waals surface area contributed by atoms with Gasteiger partial charge in [0.1, 0.15) is 28.1 Å². The van der Waals surface area contributed by atoms with E-state index >= 15 is 0 Å². The van der Waals surface area contributed by atoms with Gasteiger partial charge >= 0.3 is 0 Å². The summed E-state index contributed by atoms with van der Waals surface area (Å²) in [5.74, 6) is 1.95. The van der Waals surface area contributed by atoms with Gasteiger partial charge < -0.3 is 25.4 Å². The molecule has 0 aliphatic carbocycles. The second kappa shape index (κ2) is 9.70. The van der Waals surface area contributed by atoms with E-state index in [0.29, 0.717) is 35.5 Å². The molecule has 0 bridgehead atoms. The third-order valence-electron chi connectivity index (χ3n) is 4.34. The average Bonchev–Trinajstić information content (AvgIpc) is 2.69. The lowest BCUT2D eigenvalue weighted by Crippen LogP contribution is -2.34. The quantitative estimate of drug-likeness (QED) is 0.542. The molecule has 1 fully saturated rings. The lowest BCUT2D eigenvalue weighted by atomic mass is 10.1. The zero-order valence-electron chi connectivity index (χ0n) is 16.5. The number of pyridine rings is 1. The van der Waals surface area contributed by atoms with E-state index in [1.54, 1.807) is 19.4 Å². The molecular formula is C18H26N6O4S. The second-order valence-corrected chi connectivity index (χ2v) is 9.00. The SMILES string of the molecule is COc1c(Nc2ccc(NCCS(C)(=O)=O)nc2)ncnc1OC1CCNCC1. The first-order valence-electron chi connectivity index (χ1n) is 9.35. The highest BCUT2D eigenvalue weighted by atomic mass is 32.2. The van der Waals surface area contributed by atoms with Crippen LogP contribution in [0.3, 0.4) is 0 Å². The van der Waals surface area contributed by atoms with Crippen LogP contribution in [0.1, 0.15) is 12.8 Å². The van der Waals surface area contributed by atoms with Crippen molar-refractivity contribution in [3.63, 3.8) is 0 Å². The Kier molecular flexibility index (Phi) is 7.04. The minimum absolute atomic E-state index is 0.0483. The van der Waals surface area contributed by atoms with Crippen molar-refractivity contribution in [3.05, 3.63) is 24.7 Å². The Morgan fingerprint density at radius 3 is 2.66 bits per heavy atom. The van der Waals surface area contributed by atoms with Crippen molar-refractivity contribution in [1.82, 2.24) is 20.3 Å². The van der Waals surface area contributed by atoms with Gasteiger partial charge in [-0.3, -0.25) is 0 Å².